The zero-order valence-electron chi connectivity index (χ0n) is 7.88. The normalized spacial score (nSPS) is 13.5. The lowest BCUT2D eigenvalue weighted by Gasteiger charge is -2.02. The standard InChI is InChI=1S/C9H14O3/c1-7(11-3)5-9(6-10)8(2)12-4/h5-6H,1-4H3. The second-order valence-electron chi connectivity index (χ2n) is 2.29. The van der Waals surface area contributed by atoms with Crippen molar-refractivity contribution in [3.8, 4) is 0 Å². The number of carbonyl (C=O) groups excluding carboxylic acids is 1. The largest absolute Gasteiger partial charge is 0.501 e. The van der Waals surface area contributed by atoms with Gasteiger partial charge in [0.15, 0.2) is 6.29 Å². The van der Waals surface area contributed by atoms with E-state index in [0.29, 0.717) is 17.1 Å². The number of hydrogen-bond acceptors (Lipinski definition) is 3. The van der Waals surface area contributed by atoms with Gasteiger partial charge in [0.05, 0.1) is 25.6 Å². The highest BCUT2D eigenvalue weighted by atomic mass is 16.5. The van der Waals surface area contributed by atoms with E-state index in [1.807, 2.05) is 0 Å². The van der Waals surface area contributed by atoms with Crippen molar-refractivity contribution in [2.45, 2.75) is 13.8 Å². The quantitative estimate of drug-likeness (QED) is 0.278. The molecule has 0 aromatic carbocycles. The average molecular weight is 170 g/mol. The van der Waals surface area contributed by atoms with E-state index in [1.165, 1.54) is 7.11 Å². The van der Waals surface area contributed by atoms with E-state index in [2.05, 4.69) is 0 Å². The zero-order chi connectivity index (χ0) is 9.56. The minimum absolute atomic E-state index is 0.497. The van der Waals surface area contributed by atoms with Crippen molar-refractivity contribution in [3.63, 3.8) is 0 Å². The van der Waals surface area contributed by atoms with Gasteiger partial charge in [-0.05, 0) is 19.9 Å². The number of hydrogen-bond donors (Lipinski definition) is 0. The fraction of sp³-hybridized carbons (Fsp3) is 0.444. The highest BCUT2D eigenvalue weighted by molar-refractivity contribution is 5.78. The molecule has 0 aliphatic carbocycles. The molecule has 0 aromatic rings. The van der Waals surface area contributed by atoms with Gasteiger partial charge in [-0.15, -0.1) is 0 Å². The Morgan fingerprint density at radius 1 is 1.17 bits per heavy atom. The van der Waals surface area contributed by atoms with Gasteiger partial charge >= 0.3 is 0 Å². The van der Waals surface area contributed by atoms with E-state index < -0.39 is 0 Å². The van der Waals surface area contributed by atoms with Gasteiger partial charge in [-0.1, -0.05) is 0 Å². The summed E-state index contributed by atoms with van der Waals surface area (Å²) in [5, 5.41) is 0. The Kier molecular flexibility index (Phi) is 4.84. The van der Waals surface area contributed by atoms with E-state index in [-0.39, 0.29) is 0 Å². The van der Waals surface area contributed by atoms with Crippen molar-refractivity contribution in [3.05, 3.63) is 23.2 Å². The Morgan fingerprint density at radius 2 is 1.75 bits per heavy atom. The van der Waals surface area contributed by atoms with Crippen LogP contribution in [0.2, 0.25) is 0 Å². The van der Waals surface area contributed by atoms with Crippen LogP contribution in [0.3, 0.4) is 0 Å². The smallest absolute Gasteiger partial charge is 0.153 e. The Hall–Kier alpha value is -1.25. The van der Waals surface area contributed by atoms with Crippen LogP contribution in [0.25, 0.3) is 0 Å². The minimum Gasteiger partial charge on any atom is -0.501 e. The lowest BCUT2D eigenvalue weighted by Crippen LogP contribution is -1.91. The first-order valence-electron chi connectivity index (χ1n) is 3.58. The lowest BCUT2D eigenvalue weighted by molar-refractivity contribution is -0.104. The Morgan fingerprint density at radius 3 is 2.08 bits per heavy atom. The second-order valence-corrected chi connectivity index (χ2v) is 2.29. The molecule has 3 nitrogen and oxygen atoms in total. The van der Waals surface area contributed by atoms with Gasteiger partial charge in [0.1, 0.15) is 5.76 Å². The fourth-order valence-corrected chi connectivity index (χ4v) is 0.614. The third-order valence-electron chi connectivity index (χ3n) is 1.52. The Balaban J connectivity index is 4.69. The maximum atomic E-state index is 10.5. The first-order chi connectivity index (χ1) is 5.65. The first kappa shape index (κ1) is 10.8. The molecule has 0 heterocycles. The SMILES string of the molecule is COC(C)=CC(C=O)=C(C)OC. The third-order valence-corrected chi connectivity index (χ3v) is 1.52. The zero-order valence-corrected chi connectivity index (χ0v) is 7.88. The predicted octanol–water partition coefficient (Wildman–Crippen LogP) is 1.66. The fourth-order valence-electron chi connectivity index (χ4n) is 0.614. The summed E-state index contributed by atoms with van der Waals surface area (Å²) in [5.74, 6) is 1.26. The molecule has 0 radical (unpaired) electrons. The van der Waals surface area contributed by atoms with Gasteiger partial charge in [0.25, 0.3) is 0 Å². The van der Waals surface area contributed by atoms with Gasteiger partial charge < -0.3 is 9.47 Å². The van der Waals surface area contributed by atoms with Crippen LogP contribution >= 0.6 is 0 Å². The van der Waals surface area contributed by atoms with Crippen molar-refractivity contribution >= 4 is 6.29 Å². The number of carbonyl (C=O) groups is 1. The first-order valence-corrected chi connectivity index (χ1v) is 3.58. The molecule has 0 saturated heterocycles. The summed E-state index contributed by atoms with van der Waals surface area (Å²) < 4.78 is 9.79. The Labute approximate surface area is 72.7 Å². The molecule has 0 unspecified atom stereocenters. The van der Waals surface area contributed by atoms with Crippen molar-refractivity contribution in [1.29, 1.82) is 0 Å². The molecule has 68 valence electrons. The molecule has 0 aliphatic heterocycles. The van der Waals surface area contributed by atoms with Crippen LogP contribution in [0.4, 0.5) is 0 Å². The minimum atomic E-state index is 0.497. The summed E-state index contributed by atoms with van der Waals surface area (Å²) >= 11 is 0. The van der Waals surface area contributed by atoms with Crippen LogP contribution in [0, 0.1) is 0 Å². The van der Waals surface area contributed by atoms with E-state index in [0.717, 1.165) is 6.29 Å². The number of methoxy groups -OCH3 is 2. The maximum absolute atomic E-state index is 10.5. The van der Waals surface area contributed by atoms with Crippen molar-refractivity contribution in [2.24, 2.45) is 0 Å². The average Bonchev–Trinajstić information content (AvgIpc) is 2.12. The molecule has 3 heteroatoms. The van der Waals surface area contributed by atoms with Crippen LogP contribution in [0.15, 0.2) is 23.2 Å². The van der Waals surface area contributed by atoms with Crippen molar-refractivity contribution in [2.75, 3.05) is 14.2 Å². The predicted molar refractivity (Wildman–Crippen MR) is 46.5 cm³/mol. The Bertz CT molecular complexity index is 214. The van der Waals surface area contributed by atoms with E-state index in [9.17, 15) is 4.79 Å². The van der Waals surface area contributed by atoms with E-state index >= 15 is 0 Å². The number of ether oxygens (including phenoxy) is 2. The van der Waals surface area contributed by atoms with Crippen molar-refractivity contribution < 1.29 is 14.3 Å². The summed E-state index contributed by atoms with van der Waals surface area (Å²) in [6.45, 7) is 3.50. The molecule has 0 spiro atoms. The molecule has 0 bridgehead atoms. The molecular formula is C9H14O3. The van der Waals surface area contributed by atoms with E-state index in [1.54, 1.807) is 27.0 Å². The molecule has 0 atom stereocenters. The van der Waals surface area contributed by atoms with Crippen LogP contribution < -0.4 is 0 Å². The molecule has 0 fully saturated rings. The number of aldehydes is 1. The highest BCUT2D eigenvalue weighted by Gasteiger charge is 1.98. The summed E-state index contributed by atoms with van der Waals surface area (Å²) in [6.07, 6.45) is 2.37. The van der Waals surface area contributed by atoms with Crippen LogP contribution in [-0.2, 0) is 14.3 Å². The van der Waals surface area contributed by atoms with Gasteiger partial charge in [0.2, 0.25) is 0 Å². The third kappa shape index (κ3) is 3.23. The monoisotopic (exact) mass is 170 g/mol. The molecule has 0 amide bonds. The number of allylic oxidation sites excluding steroid dienone is 4. The number of rotatable bonds is 4. The van der Waals surface area contributed by atoms with E-state index in [4.69, 9.17) is 9.47 Å². The lowest BCUT2D eigenvalue weighted by atomic mass is 10.2. The summed E-state index contributed by atoms with van der Waals surface area (Å²) in [6, 6.07) is 0. The summed E-state index contributed by atoms with van der Waals surface area (Å²) in [5.41, 5.74) is 0.497. The second kappa shape index (κ2) is 5.41. The van der Waals surface area contributed by atoms with Gasteiger partial charge in [0, 0.05) is 0 Å². The van der Waals surface area contributed by atoms with Gasteiger partial charge in [-0.2, -0.15) is 0 Å². The van der Waals surface area contributed by atoms with Crippen LogP contribution in [0.5, 0.6) is 0 Å². The summed E-state index contributed by atoms with van der Waals surface area (Å²) in [4.78, 5) is 10.5. The molecule has 12 heavy (non-hydrogen) atoms. The van der Waals surface area contributed by atoms with Crippen LogP contribution in [-0.4, -0.2) is 20.5 Å². The topological polar surface area (TPSA) is 35.5 Å². The molecule has 0 rings (SSSR count). The van der Waals surface area contributed by atoms with Crippen LogP contribution in [0.1, 0.15) is 13.8 Å². The molecule has 0 saturated carbocycles. The highest BCUT2D eigenvalue weighted by Crippen LogP contribution is 2.06. The molecule has 0 N–H and O–H groups in total. The molecular weight excluding hydrogens is 156 g/mol. The molecule has 0 aliphatic rings. The van der Waals surface area contributed by atoms with Crippen molar-refractivity contribution in [1.82, 2.24) is 0 Å². The summed E-state index contributed by atoms with van der Waals surface area (Å²) in [7, 11) is 3.07. The van der Waals surface area contributed by atoms with Gasteiger partial charge in [-0.3, -0.25) is 4.79 Å². The van der Waals surface area contributed by atoms with Gasteiger partial charge in [-0.25, -0.2) is 0 Å². The maximum Gasteiger partial charge on any atom is 0.153 e. The molecule has 0 aromatic heterocycles.